The second kappa shape index (κ2) is 7.40. The van der Waals surface area contributed by atoms with Crippen molar-refractivity contribution in [2.45, 2.75) is 25.3 Å². The normalized spacial score (nSPS) is 17.3. The van der Waals surface area contributed by atoms with Crippen LogP contribution in [0.25, 0.3) is 0 Å². The van der Waals surface area contributed by atoms with Gasteiger partial charge in [0.15, 0.2) is 5.82 Å². The Morgan fingerprint density at radius 3 is 2.90 bits per heavy atom. The topological polar surface area (TPSA) is 61.5 Å². The number of carbonyl (C=O) groups excluding carboxylic acids is 1. The van der Waals surface area contributed by atoms with Gasteiger partial charge in [0.05, 0.1) is 0 Å². The summed E-state index contributed by atoms with van der Waals surface area (Å²) in [5.41, 5.74) is 0. The summed E-state index contributed by atoms with van der Waals surface area (Å²) in [6.45, 7) is 3.48. The molecule has 1 aromatic rings. The first-order valence-corrected chi connectivity index (χ1v) is 7.20. The van der Waals surface area contributed by atoms with Crippen molar-refractivity contribution in [1.82, 2.24) is 19.8 Å². The number of hydrogen-bond donors (Lipinski definition) is 1. The van der Waals surface area contributed by atoms with Crippen LogP contribution in [0.1, 0.15) is 29.9 Å². The van der Waals surface area contributed by atoms with Crippen molar-refractivity contribution in [3.05, 3.63) is 18.2 Å². The monoisotopic (exact) mass is 280 g/mol. The first-order valence-electron chi connectivity index (χ1n) is 7.20. The van der Waals surface area contributed by atoms with Crippen molar-refractivity contribution in [3.8, 4) is 0 Å². The van der Waals surface area contributed by atoms with E-state index < -0.39 is 0 Å². The number of likely N-dealkylation sites (tertiary alicyclic amines) is 1. The summed E-state index contributed by atoms with van der Waals surface area (Å²) in [4.78, 5) is 23.8. The highest BCUT2D eigenvalue weighted by molar-refractivity contribution is 5.90. The van der Waals surface area contributed by atoms with Crippen LogP contribution in [0, 0.1) is 0 Å². The van der Waals surface area contributed by atoms with Crippen molar-refractivity contribution < 1.29 is 9.53 Å². The van der Waals surface area contributed by atoms with E-state index in [-0.39, 0.29) is 5.91 Å². The van der Waals surface area contributed by atoms with Crippen molar-refractivity contribution in [1.29, 1.82) is 0 Å². The fourth-order valence-electron chi connectivity index (χ4n) is 2.65. The Balaban J connectivity index is 2.01. The van der Waals surface area contributed by atoms with E-state index in [2.05, 4.69) is 21.9 Å². The second-order valence-electron chi connectivity index (χ2n) is 5.32. The Morgan fingerprint density at radius 2 is 2.30 bits per heavy atom. The van der Waals surface area contributed by atoms with E-state index in [1.807, 2.05) is 4.90 Å². The third-order valence-corrected chi connectivity index (χ3v) is 3.84. The van der Waals surface area contributed by atoms with Crippen LogP contribution in [-0.2, 0) is 4.74 Å². The van der Waals surface area contributed by atoms with Crippen molar-refractivity contribution in [2.75, 3.05) is 40.4 Å². The molecule has 6 heteroatoms. The Labute approximate surface area is 120 Å². The average molecular weight is 280 g/mol. The number of nitrogens with zero attached hydrogens (tertiary/aromatic N) is 3. The molecule has 1 fully saturated rings. The lowest BCUT2D eigenvalue weighted by molar-refractivity contribution is 0.0553. The quantitative estimate of drug-likeness (QED) is 0.789. The van der Waals surface area contributed by atoms with Crippen LogP contribution in [0.4, 0.5) is 0 Å². The van der Waals surface area contributed by atoms with Gasteiger partial charge in [-0.3, -0.25) is 4.79 Å². The molecule has 1 aromatic heterocycles. The van der Waals surface area contributed by atoms with Gasteiger partial charge in [-0.25, -0.2) is 4.98 Å². The summed E-state index contributed by atoms with van der Waals surface area (Å²) >= 11 is 0. The van der Waals surface area contributed by atoms with E-state index in [9.17, 15) is 4.79 Å². The fraction of sp³-hybridized carbons (Fsp3) is 0.714. The number of rotatable bonds is 6. The number of carbonyl (C=O) groups is 1. The molecule has 6 nitrogen and oxygen atoms in total. The maximum atomic E-state index is 12.6. The van der Waals surface area contributed by atoms with Gasteiger partial charge in [-0.05, 0) is 39.4 Å². The molecule has 2 heterocycles. The predicted molar refractivity (Wildman–Crippen MR) is 76.6 cm³/mol. The van der Waals surface area contributed by atoms with Gasteiger partial charge in [0, 0.05) is 38.7 Å². The van der Waals surface area contributed by atoms with Gasteiger partial charge in [0.25, 0.3) is 5.91 Å². The van der Waals surface area contributed by atoms with Gasteiger partial charge in [0.1, 0.15) is 0 Å². The molecule has 0 atom stereocenters. The molecule has 0 aliphatic carbocycles. The molecule has 1 aliphatic heterocycles. The van der Waals surface area contributed by atoms with E-state index in [0.717, 1.165) is 38.9 Å². The Bertz CT molecular complexity index is 399. The fourth-order valence-corrected chi connectivity index (χ4v) is 2.65. The summed E-state index contributed by atoms with van der Waals surface area (Å²) in [6.07, 6.45) is 6.21. The maximum absolute atomic E-state index is 12.6. The van der Waals surface area contributed by atoms with E-state index in [1.54, 1.807) is 19.5 Å². The standard InChI is InChI=1S/C14H24N4O2/c1-17-9-4-12(5-10-17)18(8-3-11-20-2)14(19)13-15-6-7-16-13/h6-7,12H,3-5,8-11H2,1-2H3,(H,15,16). The molecule has 0 bridgehead atoms. The lowest BCUT2D eigenvalue weighted by Gasteiger charge is -2.37. The second-order valence-corrected chi connectivity index (χ2v) is 5.32. The minimum atomic E-state index is 0.000608. The van der Waals surface area contributed by atoms with Crippen LogP contribution >= 0.6 is 0 Å². The van der Waals surface area contributed by atoms with Crippen LogP contribution in [0.5, 0.6) is 0 Å². The van der Waals surface area contributed by atoms with Gasteiger partial charge >= 0.3 is 0 Å². The largest absolute Gasteiger partial charge is 0.385 e. The van der Waals surface area contributed by atoms with E-state index in [4.69, 9.17) is 4.74 Å². The highest BCUT2D eigenvalue weighted by atomic mass is 16.5. The molecule has 0 unspecified atom stereocenters. The number of piperidine rings is 1. The molecule has 2 rings (SSSR count). The molecule has 112 valence electrons. The molecule has 0 spiro atoms. The van der Waals surface area contributed by atoms with Gasteiger partial charge < -0.3 is 19.5 Å². The predicted octanol–water partition coefficient (Wildman–Crippen LogP) is 0.983. The van der Waals surface area contributed by atoms with Crippen LogP contribution < -0.4 is 0 Å². The SMILES string of the molecule is COCCCN(C(=O)c1ncc[nH]1)C1CCN(C)CC1. The lowest BCUT2D eigenvalue weighted by Crippen LogP contribution is -2.47. The van der Waals surface area contributed by atoms with Crippen LogP contribution in [0.3, 0.4) is 0 Å². The van der Waals surface area contributed by atoms with Crippen molar-refractivity contribution in [3.63, 3.8) is 0 Å². The third kappa shape index (κ3) is 3.80. The van der Waals surface area contributed by atoms with Crippen LogP contribution in [-0.4, -0.2) is 72.1 Å². The molecular weight excluding hydrogens is 256 g/mol. The molecule has 20 heavy (non-hydrogen) atoms. The zero-order valence-electron chi connectivity index (χ0n) is 12.3. The number of aromatic amines is 1. The number of amides is 1. The first-order chi connectivity index (χ1) is 9.72. The number of imidazole rings is 1. The number of nitrogens with one attached hydrogen (secondary N) is 1. The first kappa shape index (κ1) is 15.0. The highest BCUT2D eigenvalue weighted by Gasteiger charge is 2.28. The Morgan fingerprint density at radius 1 is 1.55 bits per heavy atom. The summed E-state index contributed by atoms with van der Waals surface area (Å²) in [6, 6.07) is 0.306. The molecule has 0 aromatic carbocycles. The Kier molecular flexibility index (Phi) is 5.55. The van der Waals surface area contributed by atoms with E-state index in [1.165, 1.54) is 0 Å². The molecule has 0 saturated carbocycles. The minimum absolute atomic E-state index is 0.000608. The van der Waals surface area contributed by atoms with Gasteiger partial charge in [0.2, 0.25) is 0 Å². The number of ether oxygens (including phenoxy) is 1. The minimum Gasteiger partial charge on any atom is -0.385 e. The lowest BCUT2D eigenvalue weighted by atomic mass is 10.0. The zero-order valence-corrected chi connectivity index (χ0v) is 12.3. The summed E-state index contributed by atoms with van der Waals surface area (Å²) in [7, 11) is 3.81. The van der Waals surface area contributed by atoms with E-state index in [0.29, 0.717) is 18.5 Å². The van der Waals surface area contributed by atoms with Gasteiger partial charge in [-0.15, -0.1) is 0 Å². The van der Waals surface area contributed by atoms with Crippen molar-refractivity contribution >= 4 is 5.91 Å². The van der Waals surface area contributed by atoms with Gasteiger partial charge in [-0.2, -0.15) is 0 Å². The smallest absolute Gasteiger partial charge is 0.289 e. The molecule has 1 saturated heterocycles. The number of aromatic nitrogens is 2. The molecule has 0 radical (unpaired) electrons. The van der Waals surface area contributed by atoms with Crippen molar-refractivity contribution in [2.24, 2.45) is 0 Å². The van der Waals surface area contributed by atoms with Crippen LogP contribution in [0.2, 0.25) is 0 Å². The van der Waals surface area contributed by atoms with E-state index >= 15 is 0 Å². The van der Waals surface area contributed by atoms with Gasteiger partial charge in [-0.1, -0.05) is 0 Å². The summed E-state index contributed by atoms with van der Waals surface area (Å²) in [5, 5.41) is 0. The number of methoxy groups -OCH3 is 1. The summed E-state index contributed by atoms with van der Waals surface area (Å²) in [5.74, 6) is 0.432. The molecule has 1 N–H and O–H groups in total. The molecular formula is C14H24N4O2. The third-order valence-electron chi connectivity index (χ3n) is 3.84. The highest BCUT2D eigenvalue weighted by Crippen LogP contribution is 2.17. The molecule has 1 amide bonds. The maximum Gasteiger partial charge on any atom is 0.289 e. The summed E-state index contributed by atoms with van der Waals surface area (Å²) < 4.78 is 5.10. The Hall–Kier alpha value is -1.40. The molecule has 1 aliphatic rings. The number of H-pyrrole nitrogens is 1. The van der Waals surface area contributed by atoms with Crippen LogP contribution in [0.15, 0.2) is 12.4 Å². The average Bonchev–Trinajstić information content (AvgIpc) is 2.98. The zero-order chi connectivity index (χ0) is 14.4. The number of hydrogen-bond acceptors (Lipinski definition) is 4.